The molecule has 2 bridgehead atoms. The van der Waals surface area contributed by atoms with Crippen molar-refractivity contribution in [2.24, 2.45) is 11.8 Å². The van der Waals surface area contributed by atoms with Crippen molar-refractivity contribution >= 4 is 0 Å². The lowest BCUT2D eigenvalue weighted by Gasteiger charge is -2.04. The molecule has 50 valence electrons. The highest BCUT2D eigenvalue weighted by Gasteiger charge is 2.35. The van der Waals surface area contributed by atoms with Crippen molar-refractivity contribution in [2.45, 2.75) is 32.6 Å². The van der Waals surface area contributed by atoms with Gasteiger partial charge in [-0.15, -0.1) is 0 Å². The first kappa shape index (κ1) is 5.52. The van der Waals surface area contributed by atoms with Gasteiger partial charge in [-0.05, 0) is 44.4 Å². The fourth-order valence-electron chi connectivity index (χ4n) is 2.56. The van der Waals surface area contributed by atoms with E-state index in [0.29, 0.717) is 0 Å². The molecule has 9 heavy (non-hydrogen) atoms. The molecule has 0 radical (unpaired) electrons. The third-order valence-electron chi connectivity index (χ3n) is 3.00. The Bertz CT molecular complexity index is 122. The molecule has 0 saturated heterocycles. The fourth-order valence-corrected chi connectivity index (χ4v) is 2.56. The summed E-state index contributed by atoms with van der Waals surface area (Å²) in [6.45, 7) is 2.20. The normalized spacial score (nSPS) is 39.9. The standard InChI is InChI=1S/C9H14/c1-2-9-7-3-4-8(9)6-5-7/h2,7-8H,3-6H2,1H3. The Morgan fingerprint density at radius 1 is 1.11 bits per heavy atom. The molecule has 0 heteroatoms. The summed E-state index contributed by atoms with van der Waals surface area (Å²) in [7, 11) is 0. The Kier molecular flexibility index (Phi) is 1.14. The maximum Gasteiger partial charge on any atom is -0.0200 e. The molecule has 2 rings (SSSR count). The molecule has 2 aliphatic carbocycles. The first-order valence-corrected chi connectivity index (χ1v) is 4.08. The molecule has 0 spiro atoms. The van der Waals surface area contributed by atoms with E-state index in [1.54, 1.807) is 5.57 Å². The van der Waals surface area contributed by atoms with Crippen molar-refractivity contribution in [3.63, 3.8) is 0 Å². The summed E-state index contributed by atoms with van der Waals surface area (Å²) in [4.78, 5) is 0. The van der Waals surface area contributed by atoms with Crippen molar-refractivity contribution in [3.05, 3.63) is 11.6 Å². The molecule has 2 fully saturated rings. The van der Waals surface area contributed by atoms with Gasteiger partial charge in [-0.25, -0.2) is 0 Å². The zero-order chi connectivity index (χ0) is 6.27. The zero-order valence-electron chi connectivity index (χ0n) is 6.06. The van der Waals surface area contributed by atoms with Gasteiger partial charge in [0, 0.05) is 0 Å². The van der Waals surface area contributed by atoms with Crippen molar-refractivity contribution < 1.29 is 0 Å². The minimum atomic E-state index is 1.01. The Hall–Kier alpha value is -0.260. The van der Waals surface area contributed by atoms with Gasteiger partial charge < -0.3 is 0 Å². The topological polar surface area (TPSA) is 0 Å². The van der Waals surface area contributed by atoms with Crippen LogP contribution in [-0.2, 0) is 0 Å². The molecule has 0 N–H and O–H groups in total. The first-order chi connectivity index (χ1) is 4.42. The quantitative estimate of drug-likeness (QED) is 0.433. The third-order valence-corrected chi connectivity index (χ3v) is 3.00. The Morgan fingerprint density at radius 2 is 1.56 bits per heavy atom. The number of hydrogen-bond donors (Lipinski definition) is 0. The molecule has 0 aliphatic heterocycles. The van der Waals surface area contributed by atoms with Crippen LogP contribution in [0.3, 0.4) is 0 Å². The van der Waals surface area contributed by atoms with E-state index in [9.17, 15) is 0 Å². The van der Waals surface area contributed by atoms with Gasteiger partial charge in [0.15, 0.2) is 0 Å². The molecule has 0 aromatic carbocycles. The van der Waals surface area contributed by atoms with Crippen LogP contribution in [0.4, 0.5) is 0 Å². The highest BCUT2D eigenvalue weighted by atomic mass is 14.4. The first-order valence-electron chi connectivity index (χ1n) is 4.08. The van der Waals surface area contributed by atoms with Crippen LogP contribution in [0.1, 0.15) is 32.6 Å². The van der Waals surface area contributed by atoms with E-state index < -0.39 is 0 Å². The molecule has 0 unspecified atom stereocenters. The summed E-state index contributed by atoms with van der Waals surface area (Å²) in [6, 6.07) is 0. The summed E-state index contributed by atoms with van der Waals surface area (Å²) >= 11 is 0. The second-order valence-electron chi connectivity index (χ2n) is 3.34. The van der Waals surface area contributed by atoms with Crippen LogP contribution in [0.5, 0.6) is 0 Å². The summed E-state index contributed by atoms with van der Waals surface area (Å²) < 4.78 is 0. The molecule has 0 atom stereocenters. The van der Waals surface area contributed by atoms with E-state index >= 15 is 0 Å². The maximum atomic E-state index is 2.36. The Morgan fingerprint density at radius 3 is 1.78 bits per heavy atom. The van der Waals surface area contributed by atoms with Gasteiger partial charge in [0.1, 0.15) is 0 Å². The van der Waals surface area contributed by atoms with E-state index in [4.69, 9.17) is 0 Å². The van der Waals surface area contributed by atoms with Crippen molar-refractivity contribution in [1.82, 2.24) is 0 Å². The lowest BCUT2D eigenvalue weighted by Crippen LogP contribution is -1.90. The predicted octanol–water partition coefficient (Wildman–Crippen LogP) is 2.75. The summed E-state index contributed by atoms with van der Waals surface area (Å²) in [5.74, 6) is 2.03. The van der Waals surface area contributed by atoms with Gasteiger partial charge in [-0.2, -0.15) is 0 Å². The van der Waals surface area contributed by atoms with E-state index in [1.807, 2.05) is 0 Å². The van der Waals surface area contributed by atoms with Crippen LogP contribution in [0.15, 0.2) is 11.6 Å². The summed E-state index contributed by atoms with van der Waals surface area (Å²) in [6.07, 6.45) is 8.32. The molecule has 0 nitrogen and oxygen atoms in total. The lowest BCUT2D eigenvalue weighted by molar-refractivity contribution is 0.480. The number of rotatable bonds is 0. The van der Waals surface area contributed by atoms with Crippen LogP contribution in [0.2, 0.25) is 0 Å². The number of hydrogen-bond acceptors (Lipinski definition) is 0. The Balaban J connectivity index is 2.26. The van der Waals surface area contributed by atoms with Gasteiger partial charge in [0.05, 0.1) is 0 Å². The van der Waals surface area contributed by atoms with Crippen LogP contribution in [-0.4, -0.2) is 0 Å². The van der Waals surface area contributed by atoms with E-state index in [2.05, 4.69) is 13.0 Å². The Labute approximate surface area is 57.0 Å². The van der Waals surface area contributed by atoms with Crippen molar-refractivity contribution in [3.8, 4) is 0 Å². The van der Waals surface area contributed by atoms with Crippen LogP contribution in [0.25, 0.3) is 0 Å². The molecule has 2 aliphatic rings. The van der Waals surface area contributed by atoms with Gasteiger partial charge in [-0.3, -0.25) is 0 Å². The van der Waals surface area contributed by atoms with Crippen molar-refractivity contribution in [2.75, 3.05) is 0 Å². The number of allylic oxidation sites excluding steroid dienone is 2. The van der Waals surface area contributed by atoms with Crippen LogP contribution >= 0.6 is 0 Å². The molecule has 0 aromatic rings. The van der Waals surface area contributed by atoms with Gasteiger partial charge in [0.25, 0.3) is 0 Å². The molecule has 2 saturated carbocycles. The van der Waals surface area contributed by atoms with Crippen LogP contribution in [0, 0.1) is 11.8 Å². The molecular weight excluding hydrogens is 108 g/mol. The molecule has 0 heterocycles. The van der Waals surface area contributed by atoms with Gasteiger partial charge in [-0.1, -0.05) is 11.6 Å². The lowest BCUT2D eigenvalue weighted by atomic mass is 10.0. The van der Waals surface area contributed by atoms with E-state index in [1.165, 1.54) is 25.7 Å². The largest absolute Gasteiger partial charge is 0.0879 e. The third kappa shape index (κ3) is 0.654. The monoisotopic (exact) mass is 122 g/mol. The zero-order valence-corrected chi connectivity index (χ0v) is 6.06. The highest BCUT2D eigenvalue weighted by Crippen LogP contribution is 2.48. The fraction of sp³-hybridized carbons (Fsp3) is 0.778. The molecule has 0 aromatic heterocycles. The van der Waals surface area contributed by atoms with Gasteiger partial charge >= 0.3 is 0 Å². The average molecular weight is 122 g/mol. The van der Waals surface area contributed by atoms with E-state index in [-0.39, 0.29) is 0 Å². The predicted molar refractivity (Wildman–Crippen MR) is 39.2 cm³/mol. The summed E-state index contributed by atoms with van der Waals surface area (Å²) in [5.41, 5.74) is 1.79. The smallest absolute Gasteiger partial charge is 0.0200 e. The average Bonchev–Trinajstić information content (AvgIpc) is 2.44. The van der Waals surface area contributed by atoms with E-state index in [0.717, 1.165) is 11.8 Å². The number of fused-ring (bicyclic) bond motifs is 2. The SMILES string of the molecule is CC=C1C2CCC1CC2. The van der Waals surface area contributed by atoms with Gasteiger partial charge in [0.2, 0.25) is 0 Å². The second-order valence-corrected chi connectivity index (χ2v) is 3.34. The molecule has 0 amide bonds. The maximum absolute atomic E-state index is 2.36. The minimum absolute atomic E-state index is 1.01. The molecular formula is C9H14. The summed E-state index contributed by atoms with van der Waals surface area (Å²) in [5, 5.41) is 0. The van der Waals surface area contributed by atoms with Crippen molar-refractivity contribution in [1.29, 1.82) is 0 Å². The highest BCUT2D eigenvalue weighted by molar-refractivity contribution is 5.19. The minimum Gasteiger partial charge on any atom is -0.0879 e. The second kappa shape index (κ2) is 1.86. The van der Waals surface area contributed by atoms with Crippen LogP contribution < -0.4 is 0 Å².